The first-order chi connectivity index (χ1) is 11.8. The molecule has 0 spiro atoms. The molecule has 0 atom stereocenters. The fraction of sp³-hybridized carbons (Fsp3) is 0.263. The highest BCUT2D eigenvalue weighted by molar-refractivity contribution is 5.81. The van der Waals surface area contributed by atoms with Crippen molar-refractivity contribution in [3.63, 3.8) is 0 Å². The van der Waals surface area contributed by atoms with Gasteiger partial charge in [0.1, 0.15) is 11.6 Å². The average molecular weight is 325 g/mol. The Hall–Kier alpha value is -2.56. The van der Waals surface area contributed by atoms with Crippen LogP contribution in [0.2, 0.25) is 0 Å². The molecule has 3 aromatic rings. The van der Waals surface area contributed by atoms with Gasteiger partial charge in [0.05, 0.1) is 23.5 Å². The predicted molar refractivity (Wildman–Crippen MR) is 88.3 cm³/mol. The number of benzene rings is 1. The first-order valence-corrected chi connectivity index (χ1v) is 8.18. The minimum Gasteiger partial charge on any atom is -0.265 e. The van der Waals surface area contributed by atoms with E-state index in [1.54, 1.807) is 18.6 Å². The zero-order chi connectivity index (χ0) is 16.5. The van der Waals surface area contributed by atoms with Crippen LogP contribution in [0.4, 0.5) is 8.78 Å². The van der Waals surface area contributed by atoms with Gasteiger partial charge in [-0.2, -0.15) is 5.10 Å². The van der Waals surface area contributed by atoms with Crippen molar-refractivity contribution < 1.29 is 8.78 Å². The third-order valence-corrected chi connectivity index (χ3v) is 4.66. The second kappa shape index (κ2) is 6.15. The number of pyridine rings is 1. The Bertz CT molecular complexity index is 832. The van der Waals surface area contributed by atoms with E-state index in [1.165, 1.54) is 18.2 Å². The maximum atomic E-state index is 14.5. The lowest BCUT2D eigenvalue weighted by atomic mass is 10.0. The van der Waals surface area contributed by atoms with Crippen molar-refractivity contribution >= 4 is 0 Å². The first kappa shape index (κ1) is 15.0. The van der Waals surface area contributed by atoms with Crippen LogP contribution in [0, 0.1) is 11.6 Å². The molecule has 2 aromatic heterocycles. The van der Waals surface area contributed by atoms with Crippen LogP contribution in [-0.2, 0) is 0 Å². The van der Waals surface area contributed by atoms with Crippen LogP contribution in [0.1, 0.15) is 31.7 Å². The van der Waals surface area contributed by atoms with Crippen LogP contribution in [0.5, 0.6) is 0 Å². The van der Waals surface area contributed by atoms with Crippen LogP contribution in [-0.4, -0.2) is 14.8 Å². The lowest BCUT2D eigenvalue weighted by Crippen LogP contribution is -2.09. The number of aromatic nitrogens is 3. The van der Waals surface area contributed by atoms with Gasteiger partial charge in [0.15, 0.2) is 0 Å². The lowest BCUT2D eigenvalue weighted by Gasteiger charge is -2.16. The molecule has 24 heavy (non-hydrogen) atoms. The fourth-order valence-electron chi connectivity index (χ4n) is 3.50. The maximum Gasteiger partial charge on any atom is 0.135 e. The molecule has 0 saturated heterocycles. The van der Waals surface area contributed by atoms with Gasteiger partial charge in [-0.15, -0.1) is 0 Å². The van der Waals surface area contributed by atoms with E-state index in [9.17, 15) is 8.78 Å². The van der Waals surface area contributed by atoms with E-state index in [0.717, 1.165) is 36.8 Å². The van der Waals surface area contributed by atoms with Crippen LogP contribution < -0.4 is 0 Å². The number of hydrogen-bond acceptors (Lipinski definition) is 2. The molecule has 1 aromatic carbocycles. The Morgan fingerprint density at radius 1 is 0.958 bits per heavy atom. The van der Waals surface area contributed by atoms with Gasteiger partial charge in [-0.25, -0.2) is 8.78 Å². The lowest BCUT2D eigenvalue weighted by molar-refractivity contribution is 0.468. The standard InChI is InChI=1S/C19H17F2N3/c20-16-6-3-7-17(21)18(16)19-15(13-8-10-22-11-9-13)12-23-24(19)14-4-1-2-5-14/h3,6-12,14H,1-2,4-5H2. The van der Waals surface area contributed by atoms with Gasteiger partial charge >= 0.3 is 0 Å². The quantitative estimate of drug-likeness (QED) is 0.678. The molecule has 1 aliphatic rings. The van der Waals surface area contributed by atoms with E-state index in [1.807, 2.05) is 16.8 Å². The Morgan fingerprint density at radius 2 is 1.62 bits per heavy atom. The minimum atomic E-state index is -0.565. The summed E-state index contributed by atoms with van der Waals surface area (Å²) >= 11 is 0. The van der Waals surface area contributed by atoms with Gasteiger partial charge in [-0.3, -0.25) is 9.67 Å². The summed E-state index contributed by atoms with van der Waals surface area (Å²) < 4.78 is 30.8. The molecule has 4 rings (SSSR count). The third kappa shape index (κ3) is 2.50. The van der Waals surface area contributed by atoms with Gasteiger partial charge in [-0.1, -0.05) is 18.9 Å². The van der Waals surface area contributed by atoms with E-state index in [2.05, 4.69) is 10.1 Å². The fourth-order valence-corrected chi connectivity index (χ4v) is 3.50. The van der Waals surface area contributed by atoms with Crippen molar-refractivity contribution in [3.8, 4) is 22.4 Å². The van der Waals surface area contributed by atoms with Crippen molar-refractivity contribution in [2.45, 2.75) is 31.7 Å². The van der Waals surface area contributed by atoms with E-state index >= 15 is 0 Å². The highest BCUT2D eigenvalue weighted by atomic mass is 19.1. The molecule has 0 aliphatic heterocycles. The van der Waals surface area contributed by atoms with Crippen LogP contribution in [0.25, 0.3) is 22.4 Å². The molecule has 0 amide bonds. The Labute approximate surface area is 139 Å². The number of rotatable bonds is 3. The van der Waals surface area contributed by atoms with Crippen LogP contribution >= 0.6 is 0 Å². The number of halogens is 2. The van der Waals surface area contributed by atoms with Crippen molar-refractivity contribution in [1.29, 1.82) is 0 Å². The van der Waals surface area contributed by atoms with Crippen molar-refractivity contribution in [2.75, 3.05) is 0 Å². The van der Waals surface area contributed by atoms with Gasteiger partial charge in [0, 0.05) is 18.0 Å². The van der Waals surface area contributed by atoms with Gasteiger partial charge in [-0.05, 0) is 42.7 Å². The number of nitrogens with zero attached hydrogens (tertiary/aromatic N) is 3. The van der Waals surface area contributed by atoms with Crippen molar-refractivity contribution in [2.24, 2.45) is 0 Å². The topological polar surface area (TPSA) is 30.7 Å². The van der Waals surface area contributed by atoms with Crippen molar-refractivity contribution in [1.82, 2.24) is 14.8 Å². The third-order valence-electron chi connectivity index (χ3n) is 4.66. The summed E-state index contributed by atoms with van der Waals surface area (Å²) in [5.41, 5.74) is 2.10. The SMILES string of the molecule is Fc1cccc(F)c1-c1c(-c2ccncc2)cnn1C1CCCC1. The summed E-state index contributed by atoms with van der Waals surface area (Å²) in [5.74, 6) is -1.13. The molecule has 122 valence electrons. The van der Waals surface area contributed by atoms with E-state index in [0.29, 0.717) is 5.69 Å². The van der Waals surface area contributed by atoms with Crippen molar-refractivity contribution in [3.05, 3.63) is 60.6 Å². The number of hydrogen-bond donors (Lipinski definition) is 0. The minimum absolute atomic E-state index is 0.00582. The summed E-state index contributed by atoms with van der Waals surface area (Å²) in [7, 11) is 0. The molecular formula is C19H17F2N3. The Balaban J connectivity index is 1.96. The van der Waals surface area contributed by atoms with E-state index in [-0.39, 0.29) is 11.6 Å². The van der Waals surface area contributed by atoms with Gasteiger partial charge in [0.2, 0.25) is 0 Å². The zero-order valence-corrected chi connectivity index (χ0v) is 13.1. The summed E-state index contributed by atoms with van der Waals surface area (Å²) in [6.07, 6.45) is 9.26. The Morgan fingerprint density at radius 3 is 2.29 bits per heavy atom. The highest BCUT2D eigenvalue weighted by Gasteiger charge is 2.26. The molecule has 0 bridgehead atoms. The smallest absolute Gasteiger partial charge is 0.135 e. The molecule has 1 saturated carbocycles. The molecule has 1 fully saturated rings. The van der Waals surface area contributed by atoms with Crippen LogP contribution in [0.15, 0.2) is 48.9 Å². The summed E-state index contributed by atoms with van der Waals surface area (Å²) in [6, 6.07) is 7.82. The second-order valence-corrected chi connectivity index (χ2v) is 6.12. The molecule has 5 heteroatoms. The maximum absolute atomic E-state index is 14.5. The molecule has 0 unspecified atom stereocenters. The zero-order valence-electron chi connectivity index (χ0n) is 13.1. The summed E-state index contributed by atoms with van der Waals surface area (Å²) in [4.78, 5) is 4.02. The van der Waals surface area contributed by atoms with Crippen LogP contribution in [0.3, 0.4) is 0 Å². The highest BCUT2D eigenvalue weighted by Crippen LogP contribution is 2.40. The molecule has 0 N–H and O–H groups in total. The second-order valence-electron chi connectivity index (χ2n) is 6.12. The predicted octanol–water partition coefficient (Wildman–Crippen LogP) is 5.01. The van der Waals surface area contributed by atoms with E-state index < -0.39 is 11.6 Å². The first-order valence-electron chi connectivity index (χ1n) is 8.18. The summed E-state index contributed by atoms with van der Waals surface area (Å²) in [6.45, 7) is 0. The largest absolute Gasteiger partial charge is 0.265 e. The molecular weight excluding hydrogens is 308 g/mol. The average Bonchev–Trinajstić information content (AvgIpc) is 3.25. The molecule has 3 nitrogen and oxygen atoms in total. The van der Waals surface area contributed by atoms with Gasteiger partial charge in [0.25, 0.3) is 0 Å². The van der Waals surface area contributed by atoms with Gasteiger partial charge < -0.3 is 0 Å². The van der Waals surface area contributed by atoms with E-state index in [4.69, 9.17) is 0 Å². The molecule has 2 heterocycles. The molecule has 0 radical (unpaired) electrons. The summed E-state index contributed by atoms with van der Waals surface area (Å²) in [5, 5.41) is 4.50. The monoisotopic (exact) mass is 325 g/mol. The molecule has 1 aliphatic carbocycles. The normalized spacial score (nSPS) is 15.1. The Kier molecular flexibility index (Phi) is 3.84.